The Hall–Kier alpha value is -2.24. The first-order valence-corrected chi connectivity index (χ1v) is 6.64. The largest absolute Gasteiger partial charge is 0.484 e. The number of rotatable bonds is 5. The fourth-order valence-electron chi connectivity index (χ4n) is 1.67. The van der Waals surface area contributed by atoms with Crippen molar-refractivity contribution in [3.8, 4) is 5.75 Å². The van der Waals surface area contributed by atoms with Crippen LogP contribution in [0.5, 0.6) is 5.75 Å². The summed E-state index contributed by atoms with van der Waals surface area (Å²) in [6, 6.07) is 11.7. The molecule has 0 aliphatic rings. The van der Waals surface area contributed by atoms with Crippen molar-refractivity contribution >= 4 is 28.9 Å². The molecule has 110 valence electrons. The van der Waals surface area contributed by atoms with Gasteiger partial charge in [-0.25, -0.2) is 0 Å². The second-order valence-corrected chi connectivity index (χ2v) is 4.81. The Morgan fingerprint density at radius 3 is 2.57 bits per heavy atom. The third-order valence-corrected chi connectivity index (χ3v) is 3.00. The van der Waals surface area contributed by atoms with Crippen LogP contribution in [-0.2, 0) is 11.4 Å². The Balaban J connectivity index is 1.89. The summed E-state index contributed by atoms with van der Waals surface area (Å²) >= 11 is 5.78. The Bertz CT molecular complexity index is 629. The number of nitrogens with one attached hydrogen (secondary N) is 1. The molecule has 0 atom stereocenters. The van der Waals surface area contributed by atoms with E-state index in [4.69, 9.17) is 27.2 Å². The summed E-state index contributed by atoms with van der Waals surface area (Å²) in [6.07, 6.45) is 0. The van der Waals surface area contributed by atoms with E-state index in [-0.39, 0.29) is 19.1 Å². The molecule has 6 heteroatoms. The van der Waals surface area contributed by atoms with Gasteiger partial charge in [0.1, 0.15) is 5.75 Å². The molecule has 0 saturated heterocycles. The summed E-state index contributed by atoms with van der Waals surface area (Å²) in [6.45, 7) is -0.169. The van der Waals surface area contributed by atoms with E-state index >= 15 is 0 Å². The molecule has 4 N–H and O–H groups in total. The molecule has 0 heterocycles. The molecule has 2 aromatic carbocycles. The summed E-state index contributed by atoms with van der Waals surface area (Å²) in [7, 11) is 0. The Morgan fingerprint density at radius 1 is 1.24 bits per heavy atom. The van der Waals surface area contributed by atoms with Crippen molar-refractivity contribution in [1.82, 2.24) is 0 Å². The molecule has 2 aromatic rings. The predicted molar refractivity (Wildman–Crippen MR) is 82.4 cm³/mol. The standard InChI is InChI=1S/C15H15ClN2O3/c16-11-3-6-14(13(17)7-11)18-15(20)9-21-12-4-1-10(8-19)2-5-12/h1-7,19H,8-9,17H2,(H,18,20). The van der Waals surface area contributed by atoms with E-state index in [1.54, 1.807) is 42.5 Å². The van der Waals surface area contributed by atoms with Gasteiger partial charge in [0, 0.05) is 5.02 Å². The second kappa shape index (κ2) is 6.97. The van der Waals surface area contributed by atoms with Crippen LogP contribution in [0.4, 0.5) is 11.4 Å². The third kappa shape index (κ3) is 4.37. The van der Waals surface area contributed by atoms with Crippen molar-refractivity contribution < 1.29 is 14.6 Å². The van der Waals surface area contributed by atoms with Gasteiger partial charge in [-0.05, 0) is 35.9 Å². The molecule has 0 radical (unpaired) electrons. The lowest BCUT2D eigenvalue weighted by atomic mass is 10.2. The summed E-state index contributed by atoms with van der Waals surface area (Å²) in [5, 5.41) is 12.1. The first-order chi connectivity index (χ1) is 10.1. The summed E-state index contributed by atoms with van der Waals surface area (Å²) in [5.74, 6) is 0.224. The molecule has 2 rings (SSSR count). The molecule has 5 nitrogen and oxygen atoms in total. The molecule has 1 amide bonds. The van der Waals surface area contributed by atoms with Crippen molar-refractivity contribution in [2.45, 2.75) is 6.61 Å². The zero-order chi connectivity index (χ0) is 15.2. The van der Waals surface area contributed by atoms with Crippen LogP contribution in [0.15, 0.2) is 42.5 Å². The first kappa shape index (κ1) is 15.2. The molecule has 0 aliphatic heterocycles. The van der Waals surface area contributed by atoms with E-state index in [1.807, 2.05) is 0 Å². The second-order valence-electron chi connectivity index (χ2n) is 4.37. The third-order valence-electron chi connectivity index (χ3n) is 2.76. The van der Waals surface area contributed by atoms with Crippen LogP contribution >= 0.6 is 11.6 Å². The van der Waals surface area contributed by atoms with Crippen molar-refractivity contribution in [2.24, 2.45) is 0 Å². The van der Waals surface area contributed by atoms with Crippen LogP contribution in [-0.4, -0.2) is 17.6 Å². The van der Waals surface area contributed by atoms with E-state index in [2.05, 4.69) is 5.32 Å². The minimum Gasteiger partial charge on any atom is -0.484 e. The lowest BCUT2D eigenvalue weighted by Crippen LogP contribution is -2.20. The lowest BCUT2D eigenvalue weighted by molar-refractivity contribution is -0.118. The lowest BCUT2D eigenvalue weighted by Gasteiger charge is -2.10. The number of hydrogen-bond acceptors (Lipinski definition) is 4. The monoisotopic (exact) mass is 306 g/mol. The SMILES string of the molecule is Nc1cc(Cl)ccc1NC(=O)COc1ccc(CO)cc1. The zero-order valence-corrected chi connectivity index (χ0v) is 11.9. The molecule has 0 unspecified atom stereocenters. The van der Waals surface area contributed by atoms with Crippen LogP contribution < -0.4 is 15.8 Å². The number of anilines is 2. The van der Waals surface area contributed by atoms with E-state index < -0.39 is 0 Å². The van der Waals surface area contributed by atoms with Gasteiger partial charge in [-0.15, -0.1) is 0 Å². The highest BCUT2D eigenvalue weighted by Crippen LogP contribution is 2.22. The first-order valence-electron chi connectivity index (χ1n) is 6.26. The Labute approximate surface area is 127 Å². The average molecular weight is 307 g/mol. The molecule has 0 fully saturated rings. The van der Waals surface area contributed by atoms with Gasteiger partial charge in [-0.2, -0.15) is 0 Å². The normalized spacial score (nSPS) is 10.2. The van der Waals surface area contributed by atoms with Crippen molar-refractivity contribution in [3.05, 3.63) is 53.1 Å². The maximum atomic E-state index is 11.8. The number of hydrogen-bond donors (Lipinski definition) is 3. The minimum atomic E-state index is -0.324. The maximum absolute atomic E-state index is 11.8. The Kier molecular flexibility index (Phi) is 5.03. The fraction of sp³-hybridized carbons (Fsp3) is 0.133. The number of carbonyl (C=O) groups excluding carboxylic acids is 1. The topological polar surface area (TPSA) is 84.6 Å². The molecule has 21 heavy (non-hydrogen) atoms. The highest BCUT2D eigenvalue weighted by molar-refractivity contribution is 6.31. The van der Waals surface area contributed by atoms with Gasteiger partial charge in [-0.1, -0.05) is 23.7 Å². The quantitative estimate of drug-likeness (QED) is 0.741. The number of aliphatic hydroxyl groups is 1. The van der Waals surface area contributed by atoms with Crippen LogP contribution in [0.2, 0.25) is 5.02 Å². The van der Waals surface area contributed by atoms with Crippen molar-refractivity contribution in [1.29, 1.82) is 0 Å². The van der Waals surface area contributed by atoms with Gasteiger partial charge in [0.2, 0.25) is 0 Å². The predicted octanol–water partition coefficient (Wildman–Crippen LogP) is 2.43. The van der Waals surface area contributed by atoms with E-state index in [0.717, 1.165) is 5.56 Å². The minimum absolute atomic E-state index is 0.0311. The fourth-order valence-corrected chi connectivity index (χ4v) is 1.85. The molecule has 0 bridgehead atoms. The summed E-state index contributed by atoms with van der Waals surface area (Å²) < 4.78 is 5.34. The van der Waals surface area contributed by atoms with Crippen LogP contribution in [0.3, 0.4) is 0 Å². The number of carbonyl (C=O) groups is 1. The highest BCUT2D eigenvalue weighted by Gasteiger charge is 2.06. The number of nitrogens with two attached hydrogens (primary N) is 1. The molecule has 0 saturated carbocycles. The van der Waals surface area contributed by atoms with Crippen molar-refractivity contribution in [3.63, 3.8) is 0 Å². The van der Waals surface area contributed by atoms with Gasteiger partial charge in [0.25, 0.3) is 5.91 Å². The van der Waals surface area contributed by atoms with E-state index in [0.29, 0.717) is 22.1 Å². The zero-order valence-electron chi connectivity index (χ0n) is 11.2. The van der Waals surface area contributed by atoms with Gasteiger partial charge in [0.05, 0.1) is 18.0 Å². The van der Waals surface area contributed by atoms with Gasteiger partial charge < -0.3 is 20.9 Å². The van der Waals surface area contributed by atoms with Crippen LogP contribution in [0, 0.1) is 0 Å². The molecular weight excluding hydrogens is 292 g/mol. The van der Waals surface area contributed by atoms with Crippen molar-refractivity contribution in [2.75, 3.05) is 17.7 Å². The number of amides is 1. The molecule has 0 spiro atoms. The number of nitrogen functional groups attached to an aromatic ring is 1. The van der Waals surface area contributed by atoms with Gasteiger partial charge in [0.15, 0.2) is 6.61 Å². The van der Waals surface area contributed by atoms with Crippen LogP contribution in [0.1, 0.15) is 5.56 Å². The molecular formula is C15H15ClN2O3. The van der Waals surface area contributed by atoms with Crippen LogP contribution in [0.25, 0.3) is 0 Å². The summed E-state index contributed by atoms with van der Waals surface area (Å²) in [5.41, 5.74) is 7.40. The molecule has 0 aliphatic carbocycles. The van der Waals surface area contributed by atoms with Gasteiger partial charge in [-0.3, -0.25) is 4.79 Å². The van der Waals surface area contributed by atoms with Gasteiger partial charge >= 0.3 is 0 Å². The van der Waals surface area contributed by atoms with E-state index in [9.17, 15) is 4.79 Å². The smallest absolute Gasteiger partial charge is 0.262 e. The number of ether oxygens (including phenoxy) is 1. The highest BCUT2D eigenvalue weighted by atomic mass is 35.5. The number of benzene rings is 2. The maximum Gasteiger partial charge on any atom is 0.262 e. The van der Waals surface area contributed by atoms with E-state index in [1.165, 1.54) is 0 Å². The Morgan fingerprint density at radius 2 is 1.95 bits per heavy atom. The number of halogens is 1. The average Bonchev–Trinajstić information content (AvgIpc) is 2.48. The number of aliphatic hydroxyl groups excluding tert-OH is 1. The molecule has 0 aromatic heterocycles. The summed E-state index contributed by atoms with van der Waals surface area (Å²) in [4.78, 5) is 11.8.